The van der Waals surface area contributed by atoms with Crippen molar-refractivity contribution in [2.75, 3.05) is 14.2 Å². The minimum absolute atomic E-state index is 0.435. The van der Waals surface area contributed by atoms with Gasteiger partial charge in [-0.2, -0.15) is 14.9 Å². The number of benzene rings is 1. The van der Waals surface area contributed by atoms with E-state index in [2.05, 4.69) is 15.3 Å². The van der Waals surface area contributed by atoms with E-state index in [0.717, 1.165) is 10.4 Å². The van der Waals surface area contributed by atoms with Gasteiger partial charge in [0.1, 0.15) is 0 Å². The van der Waals surface area contributed by atoms with Gasteiger partial charge in [-0.15, -0.1) is 11.3 Å². The summed E-state index contributed by atoms with van der Waals surface area (Å²) in [6.45, 7) is 0. The first-order valence-corrected chi connectivity index (χ1v) is 7.99. The minimum Gasteiger partial charge on any atom is -0.493 e. The predicted octanol–water partition coefficient (Wildman–Crippen LogP) is 3.57. The third kappa shape index (κ3) is 3.17. The zero-order valence-electron chi connectivity index (χ0n) is 12.5. The average Bonchev–Trinajstić information content (AvgIpc) is 3.22. The summed E-state index contributed by atoms with van der Waals surface area (Å²) in [6.07, 6.45) is 1.70. The van der Waals surface area contributed by atoms with Crippen LogP contribution in [0.3, 0.4) is 0 Å². The predicted molar refractivity (Wildman–Crippen MR) is 93.3 cm³/mol. The van der Waals surface area contributed by atoms with Gasteiger partial charge in [0, 0.05) is 0 Å². The van der Waals surface area contributed by atoms with Crippen LogP contribution < -0.4 is 9.47 Å². The van der Waals surface area contributed by atoms with Crippen molar-refractivity contribution in [3.8, 4) is 22.2 Å². The quantitative estimate of drug-likeness (QED) is 0.567. The summed E-state index contributed by atoms with van der Waals surface area (Å²) < 4.78 is 12.5. The third-order valence-corrected chi connectivity index (χ3v) is 4.25. The van der Waals surface area contributed by atoms with E-state index in [1.165, 1.54) is 0 Å². The Kier molecular flexibility index (Phi) is 4.54. The zero-order chi connectivity index (χ0) is 16.2. The van der Waals surface area contributed by atoms with E-state index < -0.39 is 0 Å². The lowest BCUT2D eigenvalue weighted by atomic mass is 10.2. The molecule has 1 N–H and O–H groups in total. The van der Waals surface area contributed by atoms with Crippen LogP contribution in [0.15, 0.2) is 40.8 Å². The van der Waals surface area contributed by atoms with E-state index in [9.17, 15) is 0 Å². The lowest BCUT2D eigenvalue weighted by Crippen LogP contribution is -1.95. The van der Waals surface area contributed by atoms with Crippen molar-refractivity contribution in [2.45, 2.75) is 0 Å². The van der Waals surface area contributed by atoms with Crippen molar-refractivity contribution in [1.29, 1.82) is 0 Å². The summed E-state index contributed by atoms with van der Waals surface area (Å²) in [5.41, 5.74) is 0.864. The Morgan fingerprint density at radius 1 is 1.26 bits per heavy atom. The minimum atomic E-state index is 0.435. The molecule has 0 bridgehead atoms. The van der Waals surface area contributed by atoms with Crippen LogP contribution in [0.1, 0.15) is 5.56 Å². The molecule has 0 aliphatic heterocycles. The van der Waals surface area contributed by atoms with E-state index in [0.29, 0.717) is 22.1 Å². The molecule has 0 atom stereocenters. The smallest absolute Gasteiger partial charge is 0.216 e. The second kappa shape index (κ2) is 6.76. The summed E-state index contributed by atoms with van der Waals surface area (Å²) in [5.74, 6) is 2.00. The highest BCUT2D eigenvalue weighted by Crippen LogP contribution is 2.27. The van der Waals surface area contributed by atoms with Gasteiger partial charge < -0.3 is 9.47 Å². The molecule has 2 heterocycles. The Labute approximate surface area is 142 Å². The van der Waals surface area contributed by atoms with Gasteiger partial charge in [-0.1, -0.05) is 6.07 Å². The van der Waals surface area contributed by atoms with Gasteiger partial charge in [-0.05, 0) is 47.4 Å². The highest BCUT2D eigenvalue weighted by molar-refractivity contribution is 7.71. The van der Waals surface area contributed by atoms with E-state index in [4.69, 9.17) is 21.7 Å². The second-order valence-electron chi connectivity index (χ2n) is 4.50. The van der Waals surface area contributed by atoms with Gasteiger partial charge in [0.15, 0.2) is 17.3 Å². The van der Waals surface area contributed by atoms with Crippen LogP contribution in [-0.2, 0) is 0 Å². The first-order chi connectivity index (χ1) is 11.2. The average molecular weight is 346 g/mol. The highest BCUT2D eigenvalue weighted by atomic mass is 32.1. The number of rotatable bonds is 5. The van der Waals surface area contributed by atoms with E-state index in [1.807, 2.05) is 35.7 Å². The highest BCUT2D eigenvalue weighted by Gasteiger charge is 2.09. The van der Waals surface area contributed by atoms with Crippen molar-refractivity contribution in [3.05, 3.63) is 46.0 Å². The van der Waals surface area contributed by atoms with Gasteiger partial charge in [-0.25, -0.2) is 5.10 Å². The van der Waals surface area contributed by atoms with Crippen molar-refractivity contribution in [2.24, 2.45) is 5.10 Å². The lowest BCUT2D eigenvalue weighted by molar-refractivity contribution is 0.355. The van der Waals surface area contributed by atoms with Crippen LogP contribution in [0, 0.1) is 4.77 Å². The molecule has 0 aliphatic rings. The molecule has 0 unspecified atom stereocenters. The zero-order valence-corrected chi connectivity index (χ0v) is 14.1. The third-order valence-electron chi connectivity index (χ3n) is 3.12. The molecular formula is C15H14N4O2S2. The van der Waals surface area contributed by atoms with E-state index in [1.54, 1.807) is 36.4 Å². The fraction of sp³-hybridized carbons (Fsp3) is 0.133. The molecule has 23 heavy (non-hydrogen) atoms. The van der Waals surface area contributed by atoms with Crippen molar-refractivity contribution >= 4 is 29.8 Å². The molecule has 0 radical (unpaired) electrons. The number of methoxy groups -OCH3 is 2. The SMILES string of the molecule is COc1ccc(/C=N\n2c(-c3cccs3)n[nH]c2=S)cc1OC. The first-order valence-electron chi connectivity index (χ1n) is 6.70. The summed E-state index contributed by atoms with van der Waals surface area (Å²) in [4.78, 5) is 0.988. The number of nitrogens with zero attached hydrogens (tertiary/aromatic N) is 3. The molecule has 8 heteroatoms. The maximum atomic E-state index is 5.29. The van der Waals surface area contributed by atoms with Gasteiger partial charge in [0.25, 0.3) is 0 Å². The molecule has 0 fully saturated rings. The maximum absolute atomic E-state index is 5.29. The summed E-state index contributed by atoms with van der Waals surface area (Å²) in [6, 6.07) is 9.49. The normalized spacial score (nSPS) is 11.0. The fourth-order valence-corrected chi connectivity index (χ4v) is 2.90. The molecule has 0 saturated carbocycles. The van der Waals surface area contributed by atoms with Gasteiger partial charge >= 0.3 is 0 Å². The van der Waals surface area contributed by atoms with Crippen LogP contribution in [0.5, 0.6) is 11.5 Å². The number of hydrogen-bond donors (Lipinski definition) is 1. The second-order valence-corrected chi connectivity index (χ2v) is 5.83. The van der Waals surface area contributed by atoms with Crippen molar-refractivity contribution in [1.82, 2.24) is 14.9 Å². The van der Waals surface area contributed by atoms with Gasteiger partial charge in [0.05, 0.1) is 25.3 Å². The maximum Gasteiger partial charge on any atom is 0.216 e. The largest absolute Gasteiger partial charge is 0.493 e. The summed E-state index contributed by atoms with van der Waals surface area (Å²) >= 11 is 6.82. The number of aromatic amines is 1. The van der Waals surface area contributed by atoms with Crippen LogP contribution in [0.4, 0.5) is 0 Å². The Balaban J connectivity index is 1.95. The Morgan fingerprint density at radius 3 is 2.78 bits per heavy atom. The molecule has 3 rings (SSSR count). The fourth-order valence-electron chi connectivity index (χ4n) is 2.02. The van der Waals surface area contributed by atoms with Crippen LogP contribution in [0.25, 0.3) is 10.7 Å². The first kappa shape index (κ1) is 15.4. The van der Waals surface area contributed by atoms with E-state index >= 15 is 0 Å². The molecule has 0 aliphatic carbocycles. The van der Waals surface area contributed by atoms with Gasteiger partial charge in [0.2, 0.25) is 4.77 Å². The van der Waals surface area contributed by atoms with Crippen LogP contribution in [0.2, 0.25) is 0 Å². The molecule has 6 nitrogen and oxygen atoms in total. The molecule has 118 valence electrons. The molecule has 1 aromatic carbocycles. The molecule has 3 aromatic rings. The number of aromatic nitrogens is 3. The van der Waals surface area contributed by atoms with Crippen LogP contribution in [-0.4, -0.2) is 35.3 Å². The molecule has 0 amide bonds. The van der Waals surface area contributed by atoms with Gasteiger partial charge in [-0.3, -0.25) is 0 Å². The van der Waals surface area contributed by atoms with Crippen molar-refractivity contribution in [3.63, 3.8) is 0 Å². The van der Waals surface area contributed by atoms with E-state index in [-0.39, 0.29) is 0 Å². The Morgan fingerprint density at radius 2 is 2.09 bits per heavy atom. The summed E-state index contributed by atoms with van der Waals surface area (Å²) in [5, 5.41) is 13.4. The number of ether oxygens (including phenoxy) is 2. The Hall–Kier alpha value is -2.45. The summed E-state index contributed by atoms with van der Waals surface area (Å²) in [7, 11) is 3.20. The topological polar surface area (TPSA) is 64.4 Å². The molecule has 0 spiro atoms. The standard InChI is InChI=1S/C15H14N4O2S2/c1-20-11-6-5-10(8-12(11)21-2)9-16-19-14(17-18-15(19)22)13-4-3-7-23-13/h3-9H,1-2H3,(H,18,22)/b16-9-. The monoisotopic (exact) mass is 346 g/mol. The number of thiophene rings is 1. The number of H-pyrrole nitrogens is 1. The number of hydrogen-bond acceptors (Lipinski definition) is 6. The van der Waals surface area contributed by atoms with Crippen molar-refractivity contribution < 1.29 is 9.47 Å². The molecule has 2 aromatic heterocycles. The molecule has 0 saturated heterocycles. The number of nitrogens with one attached hydrogen (secondary N) is 1. The van der Waals surface area contributed by atoms with Crippen LogP contribution >= 0.6 is 23.6 Å². The lowest BCUT2D eigenvalue weighted by Gasteiger charge is -2.07. The Bertz CT molecular complexity index is 881. The molecular weight excluding hydrogens is 332 g/mol.